The smallest absolute Gasteiger partial charge is 0.458 e. The largest absolute Gasteiger partial charge is 0.511 e. The highest BCUT2D eigenvalue weighted by Crippen LogP contribution is 2.02. The third kappa shape index (κ3) is 9.44. The molecule has 0 N–H and O–H groups in total. The van der Waals surface area contributed by atoms with Crippen molar-refractivity contribution in [1.82, 2.24) is 0 Å². The Kier molecular flexibility index (Phi) is 7.50. The Morgan fingerprint density at radius 3 is 1.94 bits per heavy atom. The summed E-state index contributed by atoms with van der Waals surface area (Å²) in [6.07, 6.45) is -2.28. The molecule has 0 aromatic heterocycles. The van der Waals surface area contributed by atoms with Gasteiger partial charge in [0.25, 0.3) is 6.29 Å². The van der Waals surface area contributed by atoms with Gasteiger partial charge in [-0.3, -0.25) is 9.59 Å². The normalized spacial score (nSPS) is 11.6. The van der Waals surface area contributed by atoms with Crippen molar-refractivity contribution in [2.45, 2.75) is 34.0 Å². The van der Waals surface area contributed by atoms with Gasteiger partial charge in [-0.2, -0.15) is 0 Å². The molecule has 0 saturated heterocycles. The summed E-state index contributed by atoms with van der Waals surface area (Å²) >= 11 is 0. The third-order valence-corrected chi connectivity index (χ3v) is 1.48. The van der Waals surface area contributed by atoms with Gasteiger partial charge in [0.1, 0.15) is 0 Å². The maximum absolute atomic E-state index is 11.2. The number of carbonyl (C=O) groups excluding carboxylic acids is 3. The molecular weight excluding hydrogens is 244 g/mol. The van der Waals surface area contributed by atoms with Crippen LogP contribution in [0.15, 0.2) is 0 Å². The van der Waals surface area contributed by atoms with Crippen LogP contribution in [0.2, 0.25) is 0 Å². The van der Waals surface area contributed by atoms with Crippen LogP contribution in [0.5, 0.6) is 0 Å². The maximum atomic E-state index is 11.2. The summed E-state index contributed by atoms with van der Waals surface area (Å²) in [5.41, 5.74) is 0. The molecule has 7 nitrogen and oxygen atoms in total. The minimum atomic E-state index is -1.30. The summed E-state index contributed by atoms with van der Waals surface area (Å²) < 4.78 is 18.6. The van der Waals surface area contributed by atoms with E-state index in [1.165, 1.54) is 6.92 Å². The zero-order chi connectivity index (χ0) is 14.1. The van der Waals surface area contributed by atoms with E-state index in [1.807, 2.05) is 13.8 Å². The molecule has 0 aliphatic heterocycles. The fourth-order valence-corrected chi connectivity index (χ4v) is 0.839. The minimum absolute atomic E-state index is 0.151. The van der Waals surface area contributed by atoms with E-state index in [-0.39, 0.29) is 19.1 Å². The Balaban J connectivity index is 4.16. The molecule has 0 aliphatic rings. The summed E-state index contributed by atoms with van der Waals surface area (Å²) in [6, 6.07) is 0. The van der Waals surface area contributed by atoms with Crippen molar-refractivity contribution in [3.63, 3.8) is 0 Å². The minimum Gasteiger partial charge on any atom is -0.458 e. The fourth-order valence-electron chi connectivity index (χ4n) is 0.839. The summed E-state index contributed by atoms with van der Waals surface area (Å²) in [5, 5.41) is 0. The quantitative estimate of drug-likeness (QED) is 0.404. The Hall–Kier alpha value is -1.79. The Bertz CT molecular complexity index is 298. The van der Waals surface area contributed by atoms with Gasteiger partial charge >= 0.3 is 18.1 Å². The highest BCUT2D eigenvalue weighted by molar-refractivity contribution is 5.67. The molecule has 0 saturated carbocycles. The molecule has 0 aliphatic carbocycles. The zero-order valence-electron chi connectivity index (χ0n) is 10.9. The molecule has 7 heteroatoms. The van der Waals surface area contributed by atoms with Crippen molar-refractivity contribution >= 4 is 18.1 Å². The third-order valence-electron chi connectivity index (χ3n) is 1.48. The molecule has 0 amide bonds. The average molecular weight is 262 g/mol. The van der Waals surface area contributed by atoms with E-state index in [9.17, 15) is 14.4 Å². The molecule has 0 spiro atoms. The van der Waals surface area contributed by atoms with Crippen LogP contribution in [-0.4, -0.2) is 37.6 Å². The second-order valence-corrected chi connectivity index (χ2v) is 3.91. The average Bonchev–Trinajstić information content (AvgIpc) is 2.22. The first kappa shape index (κ1) is 16.2. The second-order valence-electron chi connectivity index (χ2n) is 3.91. The number of esters is 2. The lowest BCUT2D eigenvalue weighted by atomic mass is 10.2. The van der Waals surface area contributed by atoms with Crippen LogP contribution in [0.4, 0.5) is 4.79 Å². The highest BCUT2D eigenvalue weighted by atomic mass is 16.8. The Morgan fingerprint density at radius 1 is 0.889 bits per heavy atom. The SMILES string of the molecule is CC(=O)OCC(OC(C)=O)OC(=O)OCC(C)C. The van der Waals surface area contributed by atoms with Gasteiger partial charge < -0.3 is 18.9 Å². The molecule has 0 heterocycles. The van der Waals surface area contributed by atoms with Crippen molar-refractivity contribution in [1.29, 1.82) is 0 Å². The van der Waals surface area contributed by atoms with Gasteiger partial charge in [0.2, 0.25) is 0 Å². The predicted octanol–water partition coefficient (Wildman–Crippen LogP) is 1.25. The fraction of sp³-hybridized carbons (Fsp3) is 0.727. The molecule has 0 radical (unpaired) electrons. The number of carbonyl (C=O) groups is 3. The molecule has 104 valence electrons. The molecule has 18 heavy (non-hydrogen) atoms. The van der Waals surface area contributed by atoms with Crippen LogP contribution in [0.1, 0.15) is 27.7 Å². The van der Waals surface area contributed by atoms with Crippen LogP contribution in [-0.2, 0) is 28.5 Å². The summed E-state index contributed by atoms with van der Waals surface area (Å²) in [7, 11) is 0. The molecule has 1 atom stereocenters. The van der Waals surface area contributed by atoms with Crippen LogP contribution in [0, 0.1) is 5.92 Å². The van der Waals surface area contributed by atoms with E-state index >= 15 is 0 Å². The standard InChI is InChI=1S/C11H18O7/c1-7(2)5-16-11(14)18-10(17-9(4)13)6-15-8(3)12/h7,10H,5-6H2,1-4H3. The van der Waals surface area contributed by atoms with Crippen molar-refractivity contribution in [3.05, 3.63) is 0 Å². The van der Waals surface area contributed by atoms with E-state index in [4.69, 9.17) is 4.74 Å². The van der Waals surface area contributed by atoms with E-state index in [0.717, 1.165) is 6.92 Å². The van der Waals surface area contributed by atoms with E-state index in [0.29, 0.717) is 0 Å². The van der Waals surface area contributed by atoms with Crippen LogP contribution in [0.3, 0.4) is 0 Å². The molecule has 0 fully saturated rings. The maximum Gasteiger partial charge on any atom is 0.511 e. The van der Waals surface area contributed by atoms with Gasteiger partial charge in [0.15, 0.2) is 6.61 Å². The second kappa shape index (κ2) is 8.32. The zero-order valence-corrected chi connectivity index (χ0v) is 10.9. The highest BCUT2D eigenvalue weighted by Gasteiger charge is 2.20. The lowest BCUT2D eigenvalue weighted by molar-refractivity contribution is -0.183. The Labute approximate surface area is 105 Å². The molecule has 0 rings (SSSR count). The predicted molar refractivity (Wildman–Crippen MR) is 59.5 cm³/mol. The number of rotatable bonds is 6. The van der Waals surface area contributed by atoms with Crippen molar-refractivity contribution in [2.24, 2.45) is 5.92 Å². The number of hydrogen-bond donors (Lipinski definition) is 0. The van der Waals surface area contributed by atoms with Crippen LogP contribution < -0.4 is 0 Å². The van der Waals surface area contributed by atoms with Crippen LogP contribution >= 0.6 is 0 Å². The van der Waals surface area contributed by atoms with Crippen molar-refractivity contribution < 1.29 is 33.3 Å². The van der Waals surface area contributed by atoms with E-state index in [1.54, 1.807) is 0 Å². The first-order valence-electron chi connectivity index (χ1n) is 5.45. The topological polar surface area (TPSA) is 88.1 Å². The first-order chi connectivity index (χ1) is 8.31. The van der Waals surface area contributed by atoms with Gasteiger partial charge in [0.05, 0.1) is 6.61 Å². The van der Waals surface area contributed by atoms with Gasteiger partial charge in [-0.05, 0) is 5.92 Å². The van der Waals surface area contributed by atoms with E-state index < -0.39 is 24.4 Å². The summed E-state index contributed by atoms with van der Waals surface area (Å²) in [6.45, 7) is 5.85. The summed E-state index contributed by atoms with van der Waals surface area (Å²) in [4.78, 5) is 32.6. The molecular formula is C11H18O7. The van der Waals surface area contributed by atoms with Gasteiger partial charge in [-0.25, -0.2) is 4.79 Å². The molecule has 0 bridgehead atoms. The van der Waals surface area contributed by atoms with Crippen LogP contribution in [0.25, 0.3) is 0 Å². The van der Waals surface area contributed by atoms with Gasteiger partial charge in [0, 0.05) is 13.8 Å². The van der Waals surface area contributed by atoms with Gasteiger partial charge in [-0.15, -0.1) is 0 Å². The first-order valence-corrected chi connectivity index (χ1v) is 5.45. The molecule has 1 unspecified atom stereocenters. The monoisotopic (exact) mass is 262 g/mol. The number of ether oxygens (including phenoxy) is 4. The Morgan fingerprint density at radius 2 is 1.50 bits per heavy atom. The van der Waals surface area contributed by atoms with E-state index in [2.05, 4.69) is 14.2 Å². The number of hydrogen-bond acceptors (Lipinski definition) is 7. The summed E-state index contributed by atoms with van der Waals surface area (Å²) in [5.74, 6) is -1.09. The van der Waals surface area contributed by atoms with Gasteiger partial charge in [-0.1, -0.05) is 13.8 Å². The molecule has 0 aromatic rings. The molecule has 0 aromatic carbocycles. The van der Waals surface area contributed by atoms with Crippen molar-refractivity contribution in [3.8, 4) is 0 Å². The lowest BCUT2D eigenvalue weighted by Gasteiger charge is -2.17. The lowest BCUT2D eigenvalue weighted by Crippen LogP contribution is -2.30. The van der Waals surface area contributed by atoms with Crippen molar-refractivity contribution in [2.75, 3.05) is 13.2 Å².